The number of benzene rings is 1. The lowest BCUT2D eigenvalue weighted by Gasteiger charge is -2.26. The SMILES string of the molecule is O=C(NCC(=O)N1CCc2ccccc21)C1CNC1. The summed E-state index contributed by atoms with van der Waals surface area (Å²) in [5.74, 6) is -0.0381. The molecule has 0 unspecified atom stereocenters. The molecule has 2 amide bonds. The Bertz CT molecular complexity index is 511. The highest BCUT2D eigenvalue weighted by atomic mass is 16.2. The van der Waals surface area contributed by atoms with E-state index >= 15 is 0 Å². The van der Waals surface area contributed by atoms with Crippen molar-refractivity contribution in [1.29, 1.82) is 0 Å². The normalized spacial score (nSPS) is 17.8. The fourth-order valence-electron chi connectivity index (χ4n) is 2.47. The number of carbonyl (C=O) groups is 2. The smallest absolute Gasteiger partial charge is 0.246 e. The molecule has 5 nitrogen and oxygen atoms in total. The quantitative estimate of drug-likeness (QED) is 0.797. The van der Waals surface area contributed by atoms with Gasteiger partial charge in [0.1, 0.15) is 0 Å². The second-order valence-corrected chi connectivity index (χ2v) is 5.00. The van der Waals surface area contributed by atoms with Crippen LogP contribution in [-0.2, 0) is 16.0 Å². The first kappa shape index (κ1) is 12.2. The third kappa shape index (κ3) is 2.33. The first-order valence-electron chi connectivity index (χ1n) is 6.62. The molecule has 5 heteroatoms. The summed E-state index contributed by atoms with van der Waals surface area (Å²) in [4.78, 5) is 25.6. The number of rotatable bonds is 3. The molecule has 3 rings (SSSR count). The number of hydrogen-bond donors (Lipinski definition) is 2. The van der Waals surface area contributed by atoms with Gasteiger partial charge in [0.05, 0.1) is 12.5 Å². The van der Waals surface area contributed by atoms with Gasteiger partial charge in [-0.25, -0.2) is 0 Å². The van der Waals surface area contributed by atoms with Gasteiger partial charge in [-0.3, -0.25) is 9.59 Å². The van der Waals surface area contributed by atoms with Crippen molar-refractivity contribution in [2.24, 2.45) is 5.92 Å². The van der Waals surface area contributed by atoms with Gasteiger partial charge in [-0.2, -0.15) is 0 Å². The van der Waals surface area contributed by atoms with E-state index in [0.29, 0.717) is 19.6 Å². The first-order valence-corrected chi connectivity index (χ1v) is 6.62. The number of nitrogens with one attached hydrogen (secondary N) is 2. The topological polar surface area (TPSA) is 61.4 Å². The van der Waals surface area contributed by atoms with Crippen molar-refractivity contribution in [1.82, 2.24) is 10.6 Å². The molecule has 2 heterocycles. The number of para-hydroxylation sites is 1. The van der Waals surface area contributed by atoms with Crippen molar-refractivity contribution in [3.63, 3.8) is 0 Å². The van der Waals surface area contributed by atoms with Crippen molar-refractivity contribution in [2.45, 2.75) is 6.42 Å². The summed E-state index contributed by atoms with van der Waals surface area (Å²) in [5, 5.41) is 5.76. The highest BCUT2D eigenvalue weighted by Gasteiger charge is 2.27. The Morgan fingerprint density at radius 1 is 1.32 bits per heavy atom. The van der Waals surface area contributed by atoms with Gasteiger partial charge < -0.3 is 15.5 Å². The monoisotopic (exact) mass is 259 g/mol. The van der Waals surface area contributed by atoms with E-state index in [1.165, 1.54) is 5.56 Å². The minimum atomic E-state index is -0.0365. The molecule has 1 fully saturated rings. The maximum atomic E-state index is 12.1. The number of amides is 2. The van der Waals surface area contributed by atoms with Crippen molar-refractivity contribution < 1.29 is 9.59 Å². The van der Waals surface area contributed by atoms with Gasteiger partial charge >= 0.3 is 0 Å². The summed E-state index contributed by atoms with van der Waals surface area (Å²) in [6.45, 7) is 2.22. The Balaban J connectivity index is 1.58. The summed E-state index contributed by atoms with van der Waals surface area (Å²) in [6.07, 6.45) is 0.891. The Labute approximate surface area is 112 Å². The van der Waals surface area contributed by atoms with Gasteiger partial charge in [0, 0.05) is 25.3 Å². The molecule has 0 atom stereocenters. The minimum absolute atomic E-state index is 0.0265. The third-order valence-electron chi connectivity index (χ3n) is 3.75. The van der Waals surface area contributed by atoms with Crippen molar-refractivity contribution in [3.05, 3.63) is 29.8 Å². The molecule has 0 bridgehead atoms. The third-order valence-corrected chi connectivity index (χ3v) is 3.75. The molecule has 1 aromatic carbocycles. The summed E-state index contributed by atoms with van der Waals surface area (Å²) in [5.41, 5.74) is 2.18. The van der Waals surface area contributed by atoms with Crippen LogP contribution in [-0.4, -0.2) is 38.0 Å². The molecular formula is C14H17N3O2. The van der Waals surface area contributed by atoms with Crippen LogP contribution in [0.25, 0.3) is 0 Å². The van der Waals surface area contributed by atoms with Crippen molar-refractivity contribution >= 4 is 17.5 Å². The van der Waals surface area contributed by atoms with E-state index in [0.717, 1.165) is 12.1 Å². The highest BCUT2D eigenvalue weighted by Crippen LogP contribution is 2.27. The molecule has 0 spiro atoms. The van der Waals surface area contributed by atoms with Crippen LogP contribution in [0.5, 0.6) is 0 Å². The van der Waals surface area contributed by atoms with Gasteiger partial charge in [0.25, 0.3) is 0 Å². The molecule has 1 aromatic rings. The average Bonchev–Trinajstić information content (AvgIpc) is 2.77. The van der Waals surface area contributed by atoms with E-state index in [9.17, 15) is 9.59 Å². The lowest BCUT2D eigenvalue weighted by Crippen LogP contribution is -2.52. The van der Waals surface area contributed by atoms with Crippen LogP contribution in [0.3, 0.4) is 0 Å². The molecule has 0 radical (unpaired) electrons. The Morgan fingerprint density at radius 3 is 2.84 bits per heavy atom. The van der Waals surface area contributed by atoms with Gasteiger partial charge in [-0.05, 0) is 18.1 Å². The largest absolute Gasteiger partial charge is 0.347 e. The lowest BCUT2D eigenvalue weighted by molar-refractivity contribution is -0.128. The molecule has 1 saturated heterocycles. The Morgan fingerprint density at radius 2 is 2.11 bits per heavy atom. The molecule has 0 aliphatic carbocycles. The molecular weight excluding hydrogens is 242 g/mol. The molecule has 100 valence electrons. The van der Waals surface area contributed by atoms with Crippen LogP contribution in [0.1, 0.15) is 5.56 Å². The van der Waals surface area contributed by atoms with Crippen LogP contribution < -0.4 is 15.5 Å². The number of nitrogens with zero attached hydrogens (tertiary/aromatic N) is 1. The van der Waals surface area contributed by atoms with E-state index in [1.807, 2.05) is 24.3 Å². The predicted octanol–water partition coefficient (Wildman–Crippen LogP) is -0.0887. The molecule has 2 aliphatic rings. The van der Waals surface area contributed by atoms with Crippen molar-refractivity contribution in [3.8, 4) is 0 Å². The van der Waals surface area contributed by atoms with E-state index < -0.39 is 0 Å². The van der Waals surface area contributed by atoms with Gasteiger partial charge in [0.15, 0.2) is 0 Å². The van der Waals surface area contributed by atoms with Crippen LogP contribution in [0.4, 0.5) is 5.69 Å². The maximum absolute atomic E-state index is 12.1. The highest BCUT2D eigenvalue weighted by molar-refractivity contribution is 5.98. The second-order valence-electron chi connectivity index (χ2n) is 5.00. The van der Waals surface area contributed by atoms with E-state index in [1.54, 1.807) is 4.90 Å². The Hall–Kier alpha value is -1.88. The zero-order chi connectivity index (χ0) is 13.2. The summed E-state index contributed by atoms with van der Waals surface area (Å²) in [7, 11) is 0. The van der Waals surface area contributed by atoms with Crippen LogP contribution in [0.15, 0.2) is 24.3 Å². The van der Waals surface area contributed by atoms with Crippen molar-refractivity contribution in [2.75, 3.05) is 31.1 Å². The first-order chi connectivity index (χ1) is 9.25. The van der Waals surface area contributed by atoms with Gasteiger partial charge in [0.2, 0.25) is 11.8 Å². The molecule has 2 N–H and O–H groups in total. The lowest BCUT2D eigenvalue weighted by atomic mass is 10.0. The van der Waals surface area contributed by atoms with Gasteiger partial charge in [-0.1, -0.05) is 18.2 Å². The second kappa shape index (κ2) is 5.01. The van der Waals surface area contributed by atoms with Crippen LogP contribution in [0, 0.1) is 5.92 Å². The Kier molecular flexibility index (Phi) is 3.21. The maximum Gasteiger partial charge on any atom is 0.246 e. The predicted molar refractivity (Wildman–Crippen MR) is 71.9 cm³/mol. The molecule has 0 saturated carbocycles. The molecule has 2 aliphatic heterocycles. The fourth-order valence-corrected chi connectivity index (χ4v) is 2.47. The molecule has 0 aromatic heterocycles. The molecule has 19 heavy (non-hydrogen) atoms. The van der Waals surface area contributed by atoms with E-state index in [-0.39, 0.29) is 24.3 Å². The standard InChI is InChI=1S/C14H17N3O2/c18-13(9-16-14(19)11-7-15-8-11)17-6-5-10-3-1-2-4-12(10)17/h1-4,11,15H,5-9H2,(H,16,19). The number of fused-ring (bicyclic) bond motifs is 1. The summed E-state index contributed by atoms with van der Waals surface area (Å²) in [6, 6.07) is 7.92. The van der Waals surface area contributed by atoms with Gasteiger partial charge in [-0.15, -0.1) is 0 Å². The zero-order valence-corrected chi connectivity index (χ0v) is 10.7. The van der Waals surface area contributed by atoms with Crippen LogP contribution >= 0.6 is 0 Å². The average molecular weight is 259 g/mol. The summed E-state index contributed by atoms with van der Waals surface area (Å²) >= 11 is 0. The number of anilines is 1. The number of carbonyl (C=O) groups excluding carboxylic acids is 2. The fraction of sp³-hybridized carbons (Fsp3) is 0.429. The van der Waals surface area contributed by atoms with E-state index in [2.05, 4.69) is 10.6 Å². The van der Waals surface area contributed by atoms with E-state index in [4.69, 9.17) is 0 Å². The number of hydrogen-bond acceptors (Lipinski definition) is 3. The summed E-state index contributed by atoms with van der Waals surface area (Å²) < 4.78 is 0. The zero-order valence-electron chi connectivity index (χ0n) is 10.7. The van der Waals surface area contributed by atoms with Crippen LogP contribution in [0.2, 0.25) is 0 Å². The minimum Gasteiger partial charge on any atom is -0.347 e.